The first kappa shape index (κ1) is 40.0. The Labute approximate surface area is 318 Å². The maximum atomic E-state index is 13.0. The van der Waals surface area contributed by atoms with Crippen molar-refractivity contribution >= 4 is 28.8 Å². The molecular formula is C44H56O7Si2. The maximum Gasteiger partial charge on any atom is 0.519 e. The van der Waals surface area contributed by atoms with Crippen LogP contribution >= 0.6 is 0 Å². The van der Waals surface area contributed by atoms with E-state index in [0.29, 0.717) is 17.2 Å². The number of hydrogen-bond donors (Lipinski definition) is 0. The van der Waals surface area contributed by atoms with Crippen LogP contribution in [0.15, 0.2) is 97.1 Å². The molecule has 0 aliphatic heterocycles. The summed E-state index contributed by atoms with van der Waals surface area (Å²) >= 11 is 0. The second-order valence-corrected chi connectivity index (χ2v) is 24.3. The first-order valence-corrected chi connectivity index (χ1v) is 25.3. The van der Waals surface area contributed by atoms with Gasteiger partial charge in [-0.2, -0.15) is 0 Å². The van der Waals surface area contributed by atoms with Gasteiger partial charge in [-0.3, -0.25) is 4.79 Å². The van der Waals surface area contributed by atoms with E-state index in [2.05, 4.69) is 62.6 Å². The Bertz CT molecular complexity index is 1800. The van der Waals surface area contributed by atoms with Crippen molar-refractivity contribution in [2.24, 2.45) is 0 Å². The lowest BCUT2D eigenvalue weighted by Gasteiger charge is -2.38. The molecule has 4 aromatic carbocycles. The minimum absolute atomic E-state index is 0.150. The molecular weight excluding hydrogens is 697 g/mol. The van der Waals surface area contributed by atoms with Crippen LogP contribution in [0, 0.1) is 0 Å². The van der Waals surface area contributed by atoms with Gasteiger partial charge in [0.05, 0.1) is 7.11 Å². The van der Waals surface area contributed by atoms with Gasteiger partial charge in [0.25, 0.3) is 0 Å². The minimum atomic E-state index is -1.91. The molecule has 0 bridgehead atoms. The number of esters is 1. The van der Waals surface area contributed by atoms with Crippen molar-refractivity contribution in [1.82, 2.24) is 0 Å². The van der Waals surface area contributed by atoms with E-state index in [4.69, 9.17) is 23.1 Å². The topological polar surface area (TPSA) is 80.3 Å². The summed E-state index contributed by atoms with van der Waals surface area (Å²) in [5.41, 5.74) is 4.46. The average Bonchev–Trinajstić information content (AvgIpc) is 3.12. The van der Waals surface area contributed by atoms with E-state index >= 15 is 0 Å². The van der Waals surface area contributed by atoms with Crippen LogP contribution in [-0.2, 0) is 27.2 Å². The normalized spacial score (nSPS) is 14.3. The SMILES string of the molecule is COc1ccccc1CCC[Si](C)(C)O[Si](C)(C)CCCc1ccccc1OC(=O)Oc1ccc(C2(c3ccc(OC(C)=O)cc3)CCCCC2)cc1. The lowest BCUT2D eigenvalue weighted by Crippen LogP contribution is -2.44. The number of benzene rings is 4. The molecule has 5 rings (SSSR count). The molecule has 9 heteroatoms. The highest BCUT2D eigenvalue weighted by atomic mass is 28.4. The molecule has 0 N–H and O–H groups in total. The summed E-state index contributed by atoms with van der Waals surface area (Å²) in [7, 11) is -2.02. The number of carbonyl (C=O) groups excluding carboxylic acids is 2. The first-order chi connectivity index (χ1) is 25.4. The standard InChI is InChI=1S/C44H56O7Si2/c1-34(45)48-39-26-22-37(23-27-39)44(30-12-7-13-31-44)38-24-28-40(29-25-38)49-43(46)50-42-21-11-9-17-36(42)19-15-33-53(5,6)51-52(3,4)32-14-18-35-16-8-10-20-41(35)47-2/h8-11,16-17,20-29H,7,12-15,18-19,30-33H2,1-6H3. The van der Waals surface area contributed by atoms with E-state index < -0.39 is 22.8 Å². The second kappa shape index (κ2) is 18.2. The summed E-state index contributed by atoms with van der Waals surface area (Å²) in [4.78, 5) is 24.4. The van der Waals surface area contributed by atoms with Crippen LogP contribution in [0.5, 0.6) is 23.0 Å². The number of hydrogen-bond acceptors (Lipinski definition) is 7. The molecule has 0 radical (unpaired) electrons. The van der Waals surface area contributed by atoms with Crippen LogP contribution in [0.1, 0.15) is 74.1 Å². The number of rotatable bonds is 16. The molecule has 282 valence electrons. The van der Waals surface area contributed by atoms with Gasteiger partial charge in [0.2, 0.25) is 0 Å². The molecule has 0 amide bonds. The zero-order chi connectivity index (χ0) is 37.9. The number of para-hydroxylation sites is 2. The first-order valence-electron chi connectivity index (χ1n) is 19.1. The lowest BCUT2D eigenvalue weighted by molar-refractivity contribution is -0.131. The van der Waals surface area contributed by atoms with Crippen LogP contribution in [0.2, 0.25) is 38.3 Å². The molecule has 7 nitrogen and oxygen atoms in total. The molecule has 1 saturated carbocycles. The van der Waals surface area contributed by atoms with E-state index in [-0.39, 0.29) is 11.4 Å². The largest absolute Gasteiger partial charge is 0.519 e. The van der Waals surface area contributed by atoms with Crippen LogP contribution in [0.25, 0.3) is 0 Å². The van der Waals surface area contributed by atoms with Gasteiger partial charge in [-0.1, -0.05) is 79.9 Å². The quantitative estimate of drug-likeness (QED) is 0.0488. The Morgan fingerprint density at radius 3 is 1.58 bits per heavy atom. The summed E-state index contributed by atoms with van der Waals surface area (Å²) in [5, 5.41) is 0. The average molecular weight is 753 g/mol. The Hall–Kier alpha value is -4.19. The van der Waals surface area contributed by atoms with Crippen LogP contribution < -0.4 is 18.9 Å². The number of ether oxygens (including phenoxy) is 4. The van der Waals surface area contributed by atoms with Crippen molar-refractivity contribution < 1.29 is 32.7 Å². The Morgan fingerprint density at radius 1 is 0.604 bits per heavy atom. The minimum Gasteiger partial charge on any atom is -0.496 e. The lowest BCUT2D eigenvalue weighted by atomic mass is 9.65. The van der Waals surface area contributed by atoms with Crippen molar-refractivity contribution in [3.05, 3.63) is 119 Å². The monoisotopic (exact) mass is 752 g/mol. The van der Waals surface area contributed by atoms with Crippen molar-refractivity contribution in [2.45, 2.75) is 108 Å². The summed E-state index contributed by atoms with van der Waals surface area (Å²) < 4.78 is 29.2. The zero-order valence-corrected chi connectivity index (χ0v) is 34.4. The van der Waals surface area contributed by atoms with E-state index in [0.717, 1.165) is 74.8 Å². The van der Waals surface area contributed by atoms with Crippen LogP contribution in [0.3, 0.4) is 0 Å². The molecule has 4 aromatic rings. The van der Waals surface area contributed by atoms with Crippen molar-refractivity contribution in [2.75, 3.05) is 7.11 Å². The highest BCUT2D eigenvalue weighted by molar-refractivity contribution is 6.84. The third kappa shape index (κ3) is 11.4. The number of aryl methyl sites for hydroxylation is 2. The van der Waals surface area contributed by atoms with Gasteiger partial charge < -0.3 is 23.1 Å². The fourth-order valence-electron chi connectivity index (χ4n) is 7.93. The van der Waals surface area contributed by atoms with Crippen LogP contribution in [0.4, 0.5) is 4.79 Å². The van der Waals surface area contributed by atoms with E-state index in [1.807, 2.05) is 60.7 Å². The van der Waals surface area contributed by atoms with Crippen molar-refractivity contribution in [3.8, 4) is 23.0 Å². The predicted molar refractivity (Wildman–Crippen MR) is 216 cm³/mol. The fourth-order valence-corrected chi connectivity index (χ4v) is 16.8. The molecule has 0 aromatic heterocycles. The van der Waals surface area contributed by atoms with Gasteiger partial charge >= 0.3 is 12.1 Å². The molecule has 0 unspecified atom stereocenters. The summed E-state index contributed by atoms with van der Waals surface area (Å²) in [5.74, 6) is 2.14. The Morgan fingerprint density at radius 2 is 1.08 bits per heavy atom. The third-order valence-corrected chi connectivity index (χ3v) is 17.9. The molecule has 0 atom stereocenters. The van der Waals surface area contributed by atoms with Crippen LogP contribution in [-0.4, -0.2) is 35.9 Å². The molecule has 1 aliphatic carbocycles. The predicted octanol–water partition coefficient (Wildman–Crippen LogP) is 11.4. The zero-order valence-electron chi connectivity index (χ0n) is 32.4. The fraction of sp³-hybridized carbons (Fsp3) is 0.409. The van der Waals surface area contributed by atoms with Gasteiger partial charge in [0, 0.05) is 12.3 Å². The molecule has 0 spiro atoms. The van der Waals surface area contributed by atoms with E-state index in [1.165, 1.54) is 30.0 Å². The number of methoxy groups -OCH3 is 1. The summed E-state index contributed by atoms with van der Waals surface area (Å²) in [6.07, 6.45) is 8.59. The Kier molecular flexibility index (Phi) is 13.8. The maximum absolute atomic E-state index is 13.0. The summed E-state index contributed by atoms with van der Waals surface area (Å²) in [6, 6.07) is 33.8. The second-order valence-electron chi connectivity index (χ2n) is 15.5. The van der Waals surface area contributed by atoms with Gasteiger partial charge in [0.15, 0.2) is 16.6 Å². The smallest absolute Gasteiger partial charge is 0.496 e. The Balaban J connectivity index is 1.13. The highest BCUT2D eigenvalue weighted by Gasteiger charge is 2.36. The molecule has 0 saturated heterocycles. The van der Waals surface area contributed by atoms with Gasteiger partial charge in [-0.25, -0.2) is 4.79 Å². The van der Waals surface area contributed by atoms with Crippen molar-refractivity contribution in [1.29, 1.82) is 0 Å². The third-order valence-electron chi connectivity index (χ3n) is 10.3. The van der Waals surface area contributed by atoms with E-state index in [9.17, 15) is 9.59 Å². The van der Waals surface area contributed by atoms with Gasteiger partial charge in [0.1, 0.15) is 23.0 Å². The molecule has 1 fully saturated rings. The van der Waals surface area contributed by atoms with Crippen molar-refractivity contribution in [3.63, 3.8) is 0 Å². The number of carbonyl (C=O) groups is 2. The van der Waals surface area contributed by atoms with E-state index in [1.54, 1.807) is 7.11 Å². The molecule has 53 heavy (non-hydrogen) atoms. The molecule has 1 aliphatic rings. The van der Waals surface area contributed by atoms with Gasteiger partial charge in [-0.05, 0) is 135 Å². The highest BCUT2D eigenvalue weighted by Crippen LogP contribution is 2.45. The molecule has 0 heterocycles. The van der Waals surface area contributed by atoms with Gasteiger partial charge in [-0.15, -0.1) is 0 Å². The summed E-state index contributed by atoms with van der Waals surface area (Å²) in [6.45, 7) is 10.7.